The number of para-hydroxylation sites is 1. The lowest BCUT2D eigenvalue weighted by Crippen LogP contribution is -2.19. The molecule has 2 heterocycles. The molecule has 1 amide bonds. The third-order valence-electron chi connectivity index (χ3n) is 3.63. The number of hydrogen-bond donors (Lipinski definition) is 1. The van der Waals surface area contributed by atoms with Crippen molar-refractivity contribution in [2.45, 2.75) is 0 Å². The molecule has 4 rings (SSSR count). The highest BCUT2D eigenvalue weighted by Crippen LogP contribution is 2.28. The van der Waals surface area contributed by atoms with E-state index < -0.39 is 0 Å². The quantitative estimate of drug-likeness (QED) is 0.735. The molecule has 0 atom stereocenters. The molecule has 1 fully saturated rings. The monoisotopic (exact) mass is 346 g/mol. The first kappa shape index (κ1) is 15.4. The van der Waals surface area contributed by atoms with Crippen LogP contribution in [0, 0.1) is 0 Å². The van der Waals surface area contributed by atoms with Crippen molar-refractivity contribution >= 4 is 34.6 Å². The summed E-state index contributed by atoms with van der Waals surface area (Å²) in [6.07, 6.45) is 7.24. The van der Waals surface area contributed by atoms with Gasteiger partial charge in [0.25, 0.3) is 5.91 Å². The third-order valence-corrected chi connectivity index (χ3v) is 4.54. The molecule has 0 saturated carbocycles. The molecule has 0 aliphatic carbocycles. The van der Waals surface area contributed by atoms with Gasteiger partial charge in [-0.15, -0.1) is 0 Å². The summed E-state index contributed by atoms with van der Waals surface area (Å²) >= 11 is 1.35. The molecule has 25 heavy (non-hydrogen) atoms. The van der Waals surface area contributed by atoms with Crippen LogP contribution in [0.5, 0.6) is 0 Å². The average Bonchev–Trinajstić information content (AvgIpc) is 3.27. The zero-order valence-corrected chi connectivity index (χ0v) is 14.0. The number of aromatic nitrogens is 2. The van der Waals surface area contributed by atoms with Crippen LogP contribution in [-0.2, 0) is 4.79 Å². The first-order chi connectivity index (χ1) is 12.3. The number of imidazole rings is 1. The highest BCUT2D eigenvalue weighted by atomic mass is 32.2. The van der Waals surface area contributed by atoms with Gasteiger partial charge in [0, 0.05) is 18.1 Å². The van der Waals surface area contributed by atoms with E-state index >= 15 is 0 Å². The molecular formula is C19H14N4OS. The SMILES string of the molecule is O=C1NC(=Nc2ccccc2)S/C1=C\c1ccc(-n2ccnc2)cc1. The largest absolute Gasteiger partial charge is 0.306 e. The number of benzene rings is 2. The molecule has 0 spiro atoms. The zero-order valence-electron chi connectivity index (χ0n) is 13.2. The molecule has 0 unspecified atom stereocenters. The Morgan fingerprint density at radius 2 is 1.88 bits per heavy atom. The summed E-state index contributed by atoms with van der Waals surface area (Å²) in [5.74, 6) is -0.127. The fraction of sp³-hybridized carbons (Fsp3) is 0. The number of aliphatic imine (C=N–C) groups is 1. The number of amides is 1. The highest BCUT2D eigenvalue weighted by Gasteiger charge is 2.23. The Hall–Kier alpha value is -3.12. The average molecular weight is 346 g/mol. The van der Waals surface area contributed by atoms with E-state index in [0.717, 1.165) is 16.9 Å². The summed E-state index contributed by atoms with van der Waals surface area (Å²) in [7, 11) is 0. The van der Waals surface area contributed by atoms with Crippen LogP contribution in [0.25, 0.3) is 11.8 Å². The van der Waals surface area contributed by atoms with Crippen molar-refractivity contribution in [2.75, 3.05) is 0 Å². The first-order valence-electron chi connectivity index (χ1n) is 7.71. The Labute approximate surface area is 149 Å². The number of rotatable bonds is 3. The summed E-state index contributed by atoms with van der Waals surface area (Å²) in [6, 6.07) is 17.5. The minimum absolute atomic E-state index is 0.127. The maximum atomic E-state index is 12.1. The molecule has 1 N–H and O–H groups in total. The second-order valence-corrected chi connectivity index (χ2v) is 6.41. The van der Waals surface area contributed by atoms with Gasteiger partial charge in [-0.1, -0.05) is 30.3 Å². The Bertz CT molecular complexity index is 945. The summed E-state index contributed by atoms with van der Waals surface area (Å²) < 4.78 is 1.93. The number of nitrogens with one attached hydrogen (secondary N) is 1. The Morgan fingerprint density at radius 1 is 1.08 bits per heavy atom. The number of nitrogens with zero attached hydrogens (tertiary/aromatic N) is 3. The molecule has 1 aliphatic heterocycles. The van der Waals surface area contributed by atoms with Gasteiger partial charge in [-0.05, 0) is 47.7 Å². The van der Waals surface area contributed by atoms with Gasteiger partial charge in [0.1, 0.15) is 0 Å². The van der Waals surface area contributed by atoms with Gasteiger partial charge in [-0.3, -0.25) is 4.79 Å². The van der Waals surface area contributed by atoms with Gasteiger partial charge in [-0.25, -0.2) is 9.98 Å². The summed E-state index contributed by atoms with van der Waals surface area (Å²) in [6.45, 7) is 0. The Balaban J connectivity index is 1.53. The maximum Gasteiger partial charge on any atom is 0.264 e. The minimum atomic E-state index is -0.127. The molecule has 1 aromatic heterocycles. The molecule has 6 heteroatoms. The summed E-state index contributed by atoms with van der Waals surface area (Å²) in [4.78, 5) is 21.3. The van der Waals surface area contributed by atoms with Crippen LogP contribution in [0.2, 0.25) is 0 Å². The van der Waals surface area contributed by atoms with E-state index in [4.69, 9.17) is 0 Å². The van der Waals surface area contributed by atoms with E-state index in [0.29, 0.717) is 10.1 Å². The van der Waals surface area contributed by atoms with Crippen molar-refractivity contribution < 1.29 is 4.79 Å². The number of carbonyl (C=O) groups is 1. The lowest BCUT2D eigenvalue weighted by molar-refractivity contribution is -0.115. The van der Waals surface area contributed by atoms with E-state index in [-0.39, 0.29) is 5.91 Å². The van der Waals surface area contributed by atoms with Gasteiger partial charge >= 0.3 is 0 Å². The minimum Gasteiger partial charge on any atom is -0.306 e. The van der Waals surface area contributed by atoms with Crippen molar-refractivity contribution in [3.8, 4) is 5.69 Å². The molecule has 122 valence electrons. The third kappa shape index (κ3) is 3.54. The zero-order chi connectivity index (χ0) is 17.1. The number of hydrogen-bond acceptors (Lipinski definition) is 4. The van der Waals surface area contributed by atoms with Gasteiger partial charge in [0.2, 0.25) is 0 Å². The molecule has 3 aromatic rings. The predicted molar refractivity (Wildman–Crippen MR) is 101 cm³/mol. The molecule has 0 radical (unpaired) electrons. The Morgan fingerprint density at radius 3 is 2.60 bits per heavy atom. The fourth-order valence-corrected chi connectivity index (χ4v) is 3.25. The van der Waals surface area contributed by atoms with Gasteiger partial charge in [-0.2, -0.15) is 0 Å². The van der Waals surface area contributed by atoms with Crippen molar-refractivity contribution in [2.24, 2.45) is 4.99 Å². The van der Waals surface area contributed by atoms with Crippen molar-refractivity contribution in [3.05, 3.63) is 83.8 Å². The first-order valence-corrected chi connectivity index (χ1v) is 8.53. The summed E-state index contributed by atoms with van der Waals surface area (Å²) in [5.41, 5.74) is 2.80. The standard InChI is InChI=1S/C19H14N4OS/c24-18-17(25-19(22-18)21-15-4-2-1-3-5-15)12-14-6-8-16(9-7-14)23-11-10-20-13-23/h1-13H,(H,21,22,24)/b17-12-. The normalized spacial score (nSPS) is 17.2. The number of thioether (sulfide) groups is 1. The molecular weight excluding hydrogens is 332 g/mol. The number of carbonyl (C=O) groups excluding carboxylic acids is 1. The maximum absolute atomic E-state index is 12.1. The van der Waals surface area contributed by atoms with E-state index in [2.05, 4.69) is 15.3 Å². The second-order valence-electron chi connectivity index (χ2n) is 5.38. The highest BCUT2D eigenvalue weighted by molar-refractivity contribution is 8.18. The molecule has 0 bridgehead atoms. The lowest BCUT2D eigenvalue weighted by Gasteiger charge is -2.02. The lowest BCUT2D eigenvalue weighted by atomic mass is 10.2. The van der Waals surface area contributed by atoms with E-state index in [1.807, 2.05) is 71.4 Å². The van der Waals surface area contributed by atoms with Gasteiger partial charge in [0.05, 0.1) is 16.9 Å². The van der Waals surface area contributed by atoms with Crippen LogP contribution < -0.4 is 5.32 Å². The van der Waals surface area contributed by atoms with Crippen LogP contribution in [0.1, 0.15) is 5.56 Å². The van der Waals surface area contributed by atoms with Crippen LogP contribution in [0.15, 0.2) is 83.2 Å². The fourth-order valence-electron chi connectivity index (χ4n) is 2.41. The predicted octanol–water partition coefficient (Wildman–Crippen LogP) is 3.76. The topological polar surface area (TPSA) is 59.3 Å². The Kier molecular flexibility index (Phi) is 4.18. The van der Waals surface area contributed by atoms with Crippen molar-refractivity contribution in [1.82, 2.24) is 14.9 Å². The second kappa shape index (κ2) is 6.78. The molecule has 5 nitrogen and oxygen atoms in total. The van der Waals surface area contributed by atoms with Crippen molar-refractivity contribution in [1.29, 1.82) is 0 Å². The van der Waals surface area contributed by atoms with Crippen molar-refractivity contribution in [3.63, 3.8) is 0 Å². The molecule has 2 aromatic carbocycles. The van der Waals surface area contributed by atoms with Gasteiger partial charge in [0.15, 0.2) is 5.17 Å². The number of amidine groups is 1. The van der Waals surface area contributed by atoms with Crippen LogP contribution in [-0.4, -0.2) is 20.6 Å². The van der Waals surface area contributed by atoms with E-state index in [1.54, 1.807) is 12.5 Å². The molecule has 1 aliphatic rings. The molecule has 1 saturated heterocycles. The smallest absolute Gasteiger partial charge is 0.264 e. The van der Waals surface area contributed by atoms with Crippen LogP contribution in [0.4, 0.5) is 5.69 Å². The van der Waals surface area contributed by atoms with E-state index in [1.165, 1.54) is 11.8 Å². The van der Waals surface area contributed by atoms with Crippen LogP contribution >= 0.6 is 11.8 Å². The van der Waals surface area contributed by atoms with E-state index in [9.17, 15) is 4.79 Å². The van der Waals surface area contributed by atoms with Gasteiger partial charge < -0.3 is 9.88 Å². The van der Waals surface area contributed by atoms with Crippen LogP contribution in [0.3, 0.4) is 0 Å². The summed E-state index contributed by atoms with van der Waals surface area (Å²) in [5, 5.41) is 3.39.